The van der Waals surface area contributed by atoms with E-state index < -0.39 is 0 Å². The van der Waals surface area contributed by atoms with Gasteiger partial charge in [-0.3, -0.25) is 9.59 Å². The zero-order chi connectivity index (χ0) is 23.9. The summed E-state index contributed by atoms with van der Waals surface area (Å²) in [5.41, 5.74) is 2.70. The Morgan fingerprint density at radius 3 is 2.47 bits per heavy atom. The van der Waals surface area contributed by atoms with E-state index in [1.54, 1.807) is 25.0 Å². The minimum absolute atomic E-state index is 0.0435. The molecule has 1 amide bonds. The van der Waals surface area contributed by atoms with Crippen LogP contribution in [0.15, 0.2) is 60.5 Å². The molecular weight excluding hydrogens is 424 g/mol. The zero-order valence-corrected chi connectivity index (χ0v) is 20.7. The Morgan fingerprint density at radius 1 is 1.22 bits per heavy atom. The molecule has 32 heavy (non-hydrogen) atoms. The van der Waals surface area contributed by atoms with Crippen molar-refractivity contribution in [3.05, 3.63) is 71.1 Å². The minimum atomic E-state index is -0.0535. The molecule has 1 fully saturated rings. The van der Waals surface area contributed by atoms with E-state index in [-0.39, 0.29) is 11.7 Å². The normalized spacial score (nSPS) is 14.4. The van der Waals surface area contributed by atoms with Crippen molar-refractivity contribution < 1.29 is 14.3 Å². The summed E-state index contributed by atoms with van der Waals surface area (Å²) in [7, 11) is 1.59. The average Bonchev–Trinajstić information content (AvgIpc) is 2.78. The van der Waals surface area contributed by atoms with Crippen LogP contribution in [0, 0.1) is 0 Å². The van der Waals surface area contributed by atoms with Gasteiger partial charge in [0.1, 0.15) is 0 Å². The first-order valence-electron chi connectivity index (χ1n) is 11.2. The summed E-state index contributed by atoms with van der Waals surface area (Å²) in [4.78, 5) is 27.7. The molecule has 0 radical (unpaired) electrons. The topological polar surface area (TPSA) is 49.9 Å². The molecule has 1 saturated heterocycles. The number of allylic oxidation sites excluding steroid dienone is 2. The van der Waals surface area contributed by atoms with Gasteiger partial charge in [-0.15, -0.1) is 0 Å². The molecule has 2 rings (SSSR count). The van der Waals surface area contributed by atoms with Crippen LogP contribution >= 0.6 is 11.6 Å². The summed E-state index contributed by atoms with van der Waals surface area (Å²) in [6.07, 6.45) is 9.27. The summed E-state index contributed by atoms with van der Waals surface area (Å²) in [5.74, 6) is -0.00999. The lowest BCUT2D eigenvalue weighted by Gasteiger charge is -2.38. The Kier molecular flexibility index (Phi) is 13.3. The zero-order valence-electron chi connectivity index (χ0n) is 19.9. The van der Waals surface area contributed by atoms with Crippen LogP contribution in [0.4, 0.5) is 0 Å². The number of ether oxygens (including phenoxy) is 1. The van der Waals surface area contributed by atoms with Crippen molar-refractivity contribution in [2.45, 2.75) is 46.5 Å². The molecule has 0 spiro atoms. The van der Waals surface area contributed by atoms with E-state index in [0.29, 0.717) is 31.9 Å². The van der Waals surface area contributed by atoms with E-state index in [1.165, 1.54) is 11.6 Å². The number of carbonyl (C=O) groups excluding carboxylic acids is 2. The summed E-state index contributed by atoms with van der Waals surface area (Å²) in [5, 5.41) is 0.875. The second-order valence-corrected chi connectivity index (χ2v) is 7.98. The second-order valence-electron chi connectivity index (χ2n) is 7.57. The van der Waals surface area contributed by atoms with Crippen molar-refractivity contribution in [1.82, 2.24) is 9.80 Å². The highest BCUT2D eigenvalue weighted by Gasteiger charge is 2.25. The van der Waals surface area contributed by atoms with Crippen LogP contribution in [0.1, 0.15) is 45.6 Å². The van der Waals surface area contributed by atoms with Crippen LogP contribution in [-0.2, 0) is 20.7 Å². The Bertz CT molecular complexity index is 817. The standard InChI is InChI=1S/C18H28N2O3.C8H9Cl/c1-5-6-7-9-17(16(3)21)20-12-11-19(14-15(20)2)18(22)10-8-13-23-4;1-2-7-5-3-4-6-8(7)9/h8-10H,2,5-7,11-14H2,1,3-4H3;3-6H,2H2,1H3/b10-8+,17-9-;. The molecule has 1 aromatic rings. The summed E-state index contributed by atoms with van der Waals surface area (Å²) in [6, 6.07) is 7.91. The van der Waals surface area contributed by atoms with Crippen LogP contribution in [0.3, 0.4) is 0 Å². The van der Waals surface area contributed by atoms with Gasteiger partial charge in [0, 0.05) is 43.9 Å². The minimum Gasteiger partial charge on any atom is -0.381 e. The molecule has 1 aromatic carbocycles. The van der Waals surface area contributed by atoms with Gasteiger partial charge in [0.25, 0.3) is 0 Å². The highest BCUT2D eigenvalue weighted by molar-refractivity contribution is 6.31. The monoisotopic (exact) mass is 460 g/mol. The first-order chi connectivity index (χ1) is 15.3. The first-order valence-corrected chi connectivity index (χ1v) is 11.6. The molecule has 176 valence electrons. The fourth-order valence-corrected chi connectivity index (χ4v) is 3.53. The highest BCUT2D eigenvalue weighted by atomic mass is 35.5. The number of methoxy groups -OCH3 is 1. The Hall–Kier alpha value is -2.37. The lowest BCUT2D eigenvalue weighted by molar-refractivity contribution is -0.126. The molecule has 1 aliphatic rings. The third-order valence-electron chi connectivity index (χ3n) is 5.07. The summed E-state index contributed by atoms with van der Waals surface area (Å²) in [6.45, 7) is 11.9. The quantitative estimate of drug-likeness (QED) is 0.365. The fraction of sp³-hybridized carbons (Fsp3) is 0.462. The first kappa shape index (κ1) is 27.7. The molecule has 0 aromatic heterocycles. The molecule has 1 aliphatic heterocycles. The number of carbonyl (C=O) groups is 2. The molecular formula is C26H37ClN2O3. The number of rotatable bonds is 9. The van der Waals surface area contributed by atoms with Gasteiger partial charge in [0.2, 0.25) is 5.91 Å². The summed E-state index contributed by atoms with van der Waals surface area (Å²) < 4.78 is 4.89. The molecule has 0 unspecified atom stereocenters. The fourth-order valence-electron chi connectivity index (χ4n) is 3.27. The van der Waals surface area contributed by atoms with E-state index in [4.69, 9.17) is 16.3 Å². The number of nitrogens with zero attached hydrogens (tertiary/aromatic N) is 2. The maximum atomic E-state index is 12.1. The van der Waals surface area contributed by atoms with Crippen molar-refractivity contribution in [1.29, 1.82) is 0 Å². The van der Waals surface area contributed by atoms with Crippen molar-refractivity contribution in [2.24, 2.45) is 0 Å². The molecule has 5 nitrogen and oxygen atoms in total. The predicted octanol–water partition coefficient (Wildman–Crippen LogP) is 5.41. The molecule has 1 heterocycles. The van der Waals surface area contributed by atoms with E-state index >= 15 is 0 Å². The van der Waals surface area contributed by atoms with Gasteiger partial charge in [-0.2, -0.15) is 0 Å². The van der Waals surface area contributed by atoms with Crippen molar-refractivity contribution in [3.63, 3.8) is 0 Å². The van der Waals surface area contributed by atoms with Crippen LogP contribution in [0.2, 0.25) is 5.02 Å². The molecule has 0 atom stereocenters. The van der Waals surface area contributed by atoms with Crippen molar-refractivity contribution in [3.8, 4) is 0 Å². The van der Waals surface area contributed by atoms with Gasteiger partial charge < -0.3 is 14.5 Å². The maximum Gasteiger partial charge on any atom is 0.246 e. The van der Waals surface area contributed by atoms with Crippen LogP contribution in [0.5, 0.6) is 0 Å². The number of piperazine rings is 1. The third kappa shape index (κ3) is 9.41. The Labute approximate surface area is 198 Å². The molecule has 6 heteroatoms. The van der Waals surface area contributed by atoms with Gasteiger partial charge in [-0.05, 0) is 30.9 Å². The summed E-state index contributed by atoms with van der Waals surface area (Å²) >= 11 is 5.82. The largest absolute Gasteiger partial charge is 0.381 e. The third-order valence-corrected chi connectivity index (χ3v) is 5.44. The van der Waals surface area contributed by atoms with Crippen molar-refractivity contribution in [2.75, 3.05) is 33.4 Å². The molecule has 0 aliphatic carbocycles. The number of aryl methyl sites for hydroxylation is 1. The van der Waals surface area contributed by atoms with Gasteiger partial charge in [0.05, 0.1) is 18.8 Å². The number of benzene rings is 1. The number of hydrogen-bond donors (Lipinski definition) is 0. The molecule has 0 saturated carbocycles. The van der Waals surface area contributed by atoms with E-state index in [1.807, 2.05) is 35.2 Å². The number of hydrogen-bond acceptors (Lipinski definition) is 4. The number of halogens is 1. The highest BCUT2D eigenvalue weighted by Crippen LogP contribution is 2.20. The number of amides is 1. The molecule has 0 N–H and O–H groups in total. The number of Topliss-reactive ketones (excluding diaryl/α,β-unsaturated/α-hetero) is 1. The Balaban J connectivity index is 0.000000471. The van der Waals surface area contributed by atoms with E-state index in [0.717, 1.165) is 36.4 Å². The van der Waals surface area contributed by atoms with Crippen molar-refractivity contribution >= 4 is 23.3 Å². The van der Waals surface area contributed by atoms with E-state index in [9.17, 15) is 9.59 Å². The van der Waals surface area contributed by atoms with Crippen LogP contribution in [0.25, 0.3) is 0 Å². The van der Waals surface area contributed by atoms with E-state index in [2.05, 4.69) is 20.4 Å². The predicted molar refractivity (Wildman–Crippen MR) is 133 cm³/mol. The van der Waals surface area contributed by atoms with Gasteiger partial charge >= 0.3 is 0 Å². The molecule has 0 bridgehead atoms. The second kappa shape index (κ2) is 15.4. The van der Waals surface area contributed by atoms with Gasteiger partial charge in [-0.25, -0.2) is 0 Å². The maximum absolute atomic E-state index is 12.1. The van der Waals surface area contributed by atoms with Crippen LogP contribution < -0.4 is 0 Å². The average molecular weight is 461 g/mol. The lowest BCUT2D eigenvalue weighted by atomic mass is 10.1. The number of unbranched alkanes of at least 4 members (excludes halogenated alkanes) is 2. The van der Waals surface area contributed by atoms with Gasteiger partial charge in [-0.1, -0.05) is 68.8 Å². The van der Waals surface area contributed by atoms with Gasteiger partial charge in [0.15, 0.2) is 5.78 Å². The number of ketones is 1. The SMILES string of the molecule is C=C1CN(C(=O)/C=C/COC)CCN1/C(=C\CCCC)C(C)=O.CCc1ccccc1Cl. The lowest BCUT2D eigenvalue weighted by Crippen LogP contribution is -2.46. The van der Waals surface area contributed by atoms with Crippen LogP contribution in [-0.4, -0.2) is 54.8 Å². The smallest absolute Gasteiger partial charge is 0.246 e. The Morgan fingerprint density at radius 2 is 1.94 bits per heavy atom.